The molecule has 0 aromatic heterocycles. The first-order chi connectivity index (χ1) is 17.2. The second-order valence-corrected chi connectivity index (χ2v) is 9.53. The van der Waals surface area contributed by atoms with Crippen molar-refractivity contribution in [2.75, 3.05) is 0 Å². The SMILES string of the molecule is CC(C)NC(=O)[C@H](Cc1ccccc1)N(Cc1ccc(Cl)cc1Cl)C(=O)Cc1ccccc1[N+](=O)[O-]. The van der Waals surface area contributed by atoms with E-state index in [4.69, 9.17) is 23.2 Å². The zero-order chi connectivity index (χ0) is 26.2. The molecular formula is C27H27Cl2N3O4. The van der Waals surface area contributed by atoms with Crippen LogP contribution in [0.4, 0.5) is 5.69 Å². The van der Waals surface area contributed by atoms with Crippen molar-refractivity contribution in [3.63, 3.8) is 0 Å². The average Bonchev–Trinajstić information content (AvgIpc) is 2.82. The van der Waals surface area contributed by atoms with Gasteiger partial charge in [-0.3, -0.25) is 19.7 Å². The molecule has 0 unspecified atom stereocenters. The molecule has 0 bridgehead atoms. The molecule has 3 rings (SSSR count). The molecule has 9 heteroatoms. The summed E-state index contributed by atoms with van der Waals surface area (Å²) in [4.78, 5) is 39.6. The molecule has 0 fully saturated rings. The predicted molar refractivity (Wildman–Crippen MR) is 141 cm³/mol. The molecule has 1 N–H and O–H groups in total. The van der Waals surface area contributed by atoms with Crippen molar-refractivity contribution in [1.82, 2.24) is 10.2 Å². The Morgan fingerprint density at radius 1 is 0.972 bits per heavy atom. The first kappa shape index (κ1) is 27.2. The van der Waals surface area contributed by atoms with Crippen LogP contribution in [0.5, 0.6) is 0 Å². The third-order valence-corrected chi connectivity index (χ3v) is 6.17. The lowest BCUT2D eigenvalue weighted by Gasteiger charge is -2.32. The number of rotatable bonds is 10. The fraction of sp³-hybridized carbons (Fsp3) is 0.259. The summed E-state index contributed by atoms with van der Waals surface area (Å²) in [5.74, 6) is -0.759. The second kappa shape index (κ2) is 12.5. The number of benzene rings is 3. The zero-order valence-corrected chi connectivity index (χ0v) is 21.5. The highest BCUT2D eigenvalue weighted by atomic mass is 35.5. The van der Waals surface area contributed by atoms with E-state index in [1.807, 2.05) is 44.2 Å². The fourth-order valence-corrected chi connectivity index (χ4v) is 4.34. The Bertz CT molecular complexity index is 1230. The van der Waals surface area contributed by atoms with Crippen LogP contribution in [0.2, 0.25) is 10.0 Å². The monoisotopic (exact) mass is 527 g/mol. The molecule has 0 saturated heterocycles. The van der Waals surface area contributed by atoms with Crippen molar-refractivity contribution in [3.8, 4) is 0 Å². The molecule has 0 saturated carbocycles. The number of hydrogen-bond acceptors (Lipinski definition) is 4. The molecule has 2 amide bonds. The minimum Gasteiger partial charge on any atom is -0.352 e. The highest BCUT2D eigenvalue weighted by Crippen LogP contribution is 2.26. The summed E-state index contributed by atoms with van der Waals surface area (Å²) in [6, 6.07) is 19.4. The quantitative estimate of drug-likeness (QED) is 0.274. The van der Waals surface area contributed by atoms with Crippen LogP contribution in [0, 0.1) is 10.1 Å². The number of carbonyl (C=O) groups is 2. The van der Waals surface area contributed by atoms with E-state index in [0.29, 0.717) is 15.6 Å². The van der Waals surface area contributed by atoms with Crippen LogP contribution in [0.25, 0.3) is 0 Å². The largest absolute Gasteiger partial charge is 0.352 e. The van der Waals surface area contributed by atoms with Crippen molar-refractivity contribution in [3.05, 3.63) is 110 Å². The molecule has 0 radical (unpaired) electrons. The Kier molecular flexibility index (Phi) is 9.44. The number of carbonyl (C=O) groups excluding carboxylic acids is 2. The number of nitrogens with zero attached hydrogens (tertiary/aromatic N) is 2. The minimum atomic E-state index is -0.878. The van der Waals surface area contributed by atoms with Gasteiger partial charge in [0.1, 0.15) is 6.04 Å². The minimum absolute atomic E-state index is 0.0263. The van der Waals surface area contributed by atoms with E-state index >= 15 is 0 Å². The maximum atomic E-state index is 13.7. The molecule has 188 valence electrons. The predicted octanol–water partition coefficient (Wildman–Crippen LogP) is 5.61. The summed E-state index contributed by atoms with van der Waals surface area (Å²) < 4.78 is 0. The van der Waals surface area contributed by atoms with Gasteiger partial charge in [0.2, 0.25) is 11.8 Å². The van der Waals surface area contributed by atoms with Gasteiger partial charge in [0.05, 0.1) is 11.3 Å². The van der Waals surface area contributed by atoms with Gasteiger partial charge in [-0.1, -0.05) is 77.8 Å². The standard InChI is InChI=1S/C27H27Cl2N3O4/c1-18(2)30-27(34)25(14-19-8-4-3-5-9-19)31(17-21-12-13-22(28)16-23(21)29)26(33)15-20-10-6-7-11-24(20)32(35)36/h3-13,16,18,25H,14-15,17H2,1-2H3,(H,30,34)/t25-/m0/s1. The van der Waals surface area contributed by atoms with Crippen molar-refractivity contribution in [1.29, 1.82) is 0 Å². The van der Waals surface area contributed by atoms with Crippen molar-refractivity contribution >= 4 is 40.7 Å². The summed E-state index contributed by atoms with van der Waals surface area (Å²) in [5.41, 5.74) is 1.59. The molecule has 0 spiro atoms. The topological polar surface area (TPSA) is 92.6 Å². The molecule has 0 aliphatic carbocycles. The first-order valence-electron chi connectivity index (χ1n) is 11.5. The Hall–Kier alpha value is -3.42. The molecule has 1 atom stereocenters. The van der Waals surface area contributed by atoms with E-state index in [0.717, 1.165) is 5.56 Å². The average molecular weight is 528 g/mol. The summed E-state index contributed by atoms with van der Waals surface area (Å²) in [7, 11) is 0. The molecule has 7 nitrogen and oxygen atoms in total. The van der Waals surface area contributed by atoms with Gasteiger partial charge in [-0.15, -0.1) is 0 Å². The lowest BCUT2D eigenvalue weighted by atomic mass is 10.0. The van der Waals surface area contributed by atoms with Crippen LogP contribution in [0.1, 0.15) is 30.5 Å². The van der Waals surface area contributed by atoms with Gasteiger partial charge >= 0.3 is 0 Å². The third-order valence-electron chi connectivity index (χ3n) is 5.59. The number of para-hydroxylation sites is 1. The Labute approximate surface area is 220 Å². The first-order valence-corrected chi connectivity index (χ1v) is 12.2. The van der Waals surface area contributed by atoms with E-state index < -0.39 is 16.9 Å². The molecule has 0 aliphatic rings. The number of amides is 2. The van der Waals surface area contributed by atoms with Crippen LogP contribution in [0.3, 0.4) is 0 Å². The smallest absolute Gasteiger partial charge is 0.273 e. The maximum Gasteiger partial charge on any atom is 0.273 e. The highest BCUT2D eigenvalue weighted by molar-refractivity contribution is 6.35. The van der Waals surface area contributed by atoms with E-state index in [1.54, 1.807) is 36.4 Å². The zero-order valence-electron chi connectivity index (χ0n) is 20.0. The van der Waals surface area contributed by atoms with Gasteiger partial charge in [0.25, 0.3) is 5.69 Å². The lowest BCUT2D eigenvalue weighted by molar-refractivity contribution is -0.385. The number of nitro groups is 1. The maximum absolute atomic E-state index is 13.7. The number of halogens is 2. The number of nitrogens with one attached hydrogen (secondary N) is 1. The molecule has 3 aromatic carbocycles. The molecule has 0 heterocycles. The van der Waals surface area contributed by atoms with Gasteiger partial charge in [-0.05, 0) is 37.1 Å². The van der Waals surface area contributed by atoms with Gasteiger partial charge in [-0.2, -0.15) is 0 Å². The summed E-state index contributed by atoms with van der Waals surface area (Å²) >= 11 is 12.5. The van der Waals surface area contributed by atoms with Crippen LogP contribution >= 0.6 is 23.2 Å². The van der Waals surface area contributed by atoms with Crippen LogP contribution in [-0.2, 0) is 29.0 Å². The number of hydrogen-bond donors (Lipinski definition) is 1. The van der Waals surface area contributed by atoms with E-state index in [2.05, 4.69) is 5.32 Å². The number of nitro benzene ring substituents is 1. The molecule has 0 aliphatic heterocycles. The van der Waals surface area contributed by atoms with Gasteiger partial charge in [0.15, 0.2) is 0 Å². The van der Waals surface area contributed by atoms with E-state index in [-0.39, 0.29) is 42.6 Å². The van der Waals surface area contributed by atoms with Crippen molar-refractivity contribution in [2.45, 2.75) is 45.3 Å². The molecule has 3 aromatic rings. The summed E-state index contributed by atoms with van der Waals surface area (Å²) in [6.07, 6.45) is 0.00976. The fourth-order valence-electron chi connectivity index (χ4n) is 3.87. The van der Waals surface area contributed by atoms with Crippen LogP contribution in [0.15, 0.2) is 72.8 Å². The highest BCUT2D eigenvalue weighted by Gasteiger charge is 2.32. The van der Waals surface area contributed by atoms with Crippen LogP contribution < -0.4 is 5.32 Å². The van der Waals surface area contributed by atoms with Crippen molar-refractivity contribution in [2.24, 2.45) is 0 Å². The summed E-state index contributed by atoms with van der Waals surface area (Å²) in [5, 5.41) is 15.2. The van der Waals surface area contributed by atoms with E-state index in [1.165, 1.54) is 11.0 Å². The van der Waals surface area contributed by atoms with Gasteiger partial charge in [0, 0.05) is 40.7 Å². The molecular weight excluding hydrogens is 501 g/mol. The van der Waals surface area contributed by atoms with Crippen LogP contribution in [-0.4, -0.2) is 33.7 Å². The Balaban J connectivity index is 2.04. The third kappa shape index (κ3) is 7.29. The van der Waals surface area contributed by atoms with Gasteiger partial charge < -0.3 is 10.2 Å². The van der Waals surface area contributed by atoms with E-state index in [9.17, 15) is 19.7 Å². The normalized spacial score (nSPS) is 11.7. The van der Waals surface area contributed by atoms with Gasteiger partial charge in [-0.25, -0.2) is 0 Å². The van der Waals surface area contributed by atoms with Crippen molar-refractivity contribution < 1.29 is 14.5 Å². The second-order valence-electron chi connectivity index (χ2n) is 8.69. The molecule has 36 heavy (non-hydrogen) atoms. The summed E-state index contributed by atoms with van der Waals surface area (Å²) in [6.45, 7) is 3.71. The lowest BCUT2D eigenvalue weighted by Crippen LogP contribution is -2.52. The Morgan fingerprint density at radius 3 is 2.28 bits per heavy atom. The Morgan fingerprint density at radius 2 is 1.64 bits per heavy atom.